The topological polar surface area (TPSA) is 98.2 Å². The van der Waals surface area contributed by atoms with E-state index in [4.69, 9.17) is 5.73 Å². The van der Waals surface area contributed by atoms with Gasteiger partial charge in [0.2, 0.25) is 5.79 Å². The summed E-state index contributed by atoms with van der Waals surface area (Å²) in [5, 5.41) is 1.43. The lowest BCUT2D eigenvalue weighted by molar-refractivity contribution is -0.142. The number of nitrogens with two attached hydrogens (primary N) is 2. The maximum atomic E-state index is 13.4. The van der Waals surface area contributed by atoms with Gasteiger partial charge in [0, 0.05) is 5.75 Å². The van der Waals surface area contributed by atoms with Crippen molar-refractivity contribution in [1.29, 1.82) is 0 Å². The van der Waals surface area contributed by atoms with Gasteiger partial charge in [-0.25, -0.2) is 8.78 Å². The van der Waals surface area contributed by atoms with Crippen molar-refractivity contribution in [3.05, 3.63) is 0 Å². The Kier molecular flexibility index (Phi) is 4.81. The lowest BCUT2D eigenvalue weighted by atomic mass is 10.2. The highest BCUT2D eigenvalue weighted by atomic mass is 32.1. The van der Waals surface area contributed by atoms with Crippen molar-refractivity contribution in [3.8, 4) is 0 Å². The zero-order valence-corrected chi connectivity index (χ0v) is 9.32. The van der Waals surface area contributed by atoms with Gasteiger partial charge >= 0.3 is 0 Å². The lowest BCUT2D eigenvalue weighted by Gasteiger charge is -2.25. The fourth-order valence-electron chi connectivity index (χ4n) is 0.535. The smallest absolute Gasteiger partial charge is 0.276 e. The second-order valence-electron chi connectivity index (χ2n) is 2.80. The normalized spacial score (nSPS) is 18.7. The summed E-state index contributed by atoms with van der Waals surface area (Å²) in [5.74, 6) is -10.2. The average molecular weight is 259 g/mol. The Morgan fingerprint density at radius 2 is 1.73 bits per heavy atom. The van der Waals surface area contributed by atoms with Gasteiger partial charge in [0.15, 0.2) is 0 Å². The Morgan fingerprint density at radius 1 is 1.27 bits per heavy atom. The summed E-state index contributed by atoms with van der Waals surface area (Å²) in [6, 6.07) is 0. The molecule has 0 rings (SSSR count). The molecule has 0 bridgehead atoms. The number of alkyl halides is 2. The molecule has 0 saturated carbocycles. The molecule has 0 aliphatic carbocycles. The maximum absolute atomic E-state index is 13.4. The van der Waals surface area contributed by atoms with E-state index >= 15 is 0 Å². The Hall–Kier alpha value is -0.540. The molecular weight excluding hydrogens is 248 g/mol. The van der Waals surface area contributed by atoms with Gasteiger partial charge in [-0.1, -0.05) is 0 Å². The van der Waals surface area contributed by atoms with Crippen molar-refractivity contribution in [2.75, 3.05) is 11.5 Å². The molecule has 0 aliphatic rings. The molecule has 0 radical (unpaired) electrons. The molecule has 0 unspecified atom stereocenters. The van der Waals surface area contributed by atoms with Crippen LogP contribution < -0.4 is 16.8 Å². The highest BCUT2D eigenvalue weighted by Gasteiger charge is 2.43. The van der Waals surface area contributed by atoms with Gasteiger partial charge in [-0.05, 0) is 0 Å². The molecule has 0 spiro atoms. The highest BCUT2D eigenvalue weighted by molar-refractivity contribution is 7.80. The van der Waals surface area contributed by atoms with Crippen molar-refractivity contribution >= 4 is 37.1 Å². The summed E-state index contributed by atoms with van der Waals surface area (Å²) in [5.41, 5.74) is 9.48. The van der Waals surface area contributed by atoms with Crippen LogP contribution in [-0.4, -0.2) is 34.9 Å². The van der Waals surface area contributed by atoms with E-state index in [1.807, 2.05) is 0 Å². The standard InChI is InChI=1S/C6H11F2N3O2S2/c7-5(10,1-14)4(13)11-6(8,2-15)3(9)12/h14-15H,1-2,10H2,(H2,9,12)(H,11,13)/t5-,6-/m1/s1. The summed E-state index contributed by atoms with van der Waals surface area (Å²) < 4.78 is 26.5. The van der Waals surface area contributed by atoms with Gasteiger partial charge in [-0.15, -0.1) is 0 Å². The van der Waals surface area contributed by atoms with Crippen molar-refractivity contribution in [2.45, 2.75) is 11.6 Å². The first-order valence-electron chi connectivity index (χ1n) is 3.70. The number of hydrogen-bond acceptors (Lipinski definition) is 5. The zero-order chi connectivity index (χ0) is 12.3. The minimum atomic E-state index is -2.93. The third kappa shape index (κ3) is 3.50. The zero-order valence-electron chi connectivity index (χ0n) is 7.54. The number of rotatable bonds is 5. The van der Waals surface area contributed by atoms with Gasteiger partial charge in [0.1, 0.15) is 0 Å². The largest absolute Gasteiger partial charge is 0.365 e. The van der Waals surface area contributed by atoms with E-state index in [1.165, 1.54) is 5.32 Å². The minimum Gasteiger partial charge on any atom is -0.365 e. The molecule has 15 heavy (non-hydrogen) atoms. The molecule has 0 fully saturated rings. The fourth-order valence-corrected chi connectivity index (χ4v) is 0.913. The van der Waals surface area contributed by atoms with Crippen molar-refractivity contribution in [1.82, 2.24) is 5.32 Å². The number of thiol groups is 2. The maximum Gasteiger partial charge on any atom is 0.276 e. The molecule has 0 saturated heterocycles. The fraction of sp³-hybridized carbons (Fsp3) is 0.667. The van der Waals surface area contributed by atoms with Gasteiger partial charge in [0.05, 0.1) is 5.75 Å². The minimum absolute atomic E-state index is 0.666. The van der Waals surface area contributed by atoms with Crippen LogP contribution in [0.25, 0.3) is 0 Å². The predicted octanol–water partition coefficient (Wildman–Crippen LogP) is -1.26. The van der Waals surface area contributed by atoms with Crippen LogP contribution in [0.1, 0.15) is 0 Å². The van der Waals surface area contributed by atoms with E-state index in [2.05, 4.69) is 31.0 Å². The number of carbonyl (C=O) groups excluding carboxylic acids is 2. The summed E-state index contributed by atoms with van der Waals surface area (Å²) in [6.07, 6.45) is 0. The van der Waals surface area contributed by atoms with Crippen LogP contribution in [0.5, 0.6) is 0 Å². The number of carbonyl (C=O) groups is 2. The summed E-state index contributed by atoms with van der Waals surface area (Å²) in [4.78, 5) is 21.6. The highest BCUT2D eigenvalue weighted by Crippen LogP contribution is 2.12. The molecule has 0 aliphatic heterocycles. The third-order valence-electron chi connectivity index (χ3n) is 1.53. The van der Waals surface area contributed by atoms with Gasteiger partial charge in [-0.3, -0.25) is 15.3 Å². The van der Waals surface area contributed by atoms with Crippen LogP contribution in [0.4, 0.5) is 8.78 Å². The third-order valence-corrected chi connectivity index (χ3v) is 2.42. The Labute approximate surface area is 95.8 Å². The summed E-state index contributed by atoms with van der Waals surface area (Å²) >= 11 is 6.92. The Balaban J connectivity index is 4.72. The second kappa shape index (κ2) is 4.99. The van der Waals surface area contributed by atoms with E-state index in [0.29, 0.717) is 0 Å². The van der Waals surface area contributed by atoms with Crippen LogP contribution in [0.3, 0.4) is 0 Å². The molecule has 0 aromatic rings. The second-order valence-corrected chi connectivity index (χ2v) is 3.43. The van der Waals surface area contributed by atoms with E-state index in [-0.39, 0.29) is 0 Å². The number of halogens is 2. The molecule has 2 atom stereocenters. The van der Waals surface area contributed by atoms with Crippen molar-refractivity contribution < 1.29 is 18.4 Å². The van der Waals surface area contributed by atoms with Gasteiger partial charge < -0.3 is 11.1 Å². The summed E-state index contributed by atoms with van der Waals surface area (Å²) in [6.45, 7) is 0. The SMILES string of the molecule is NC(=O)[C@@](F)(CS)NC(=O)[C@@](N)(F)CS. The van der Waals surface area contributed by atoms with Crippen LogP contribution in [0.2, 0.25) is 0 Å². The van der Waals surface area contributed by atoms with E-state index < -0.39 is 34.9 Å². The monoisotopic (exact) mass is 259 g/mol. The quantitative estimate of drug-likeness (QED) is 0.315. The molecule has 88 valence electrons. The first kappa shape index (κ1) is 14.5. The molecule has 0 aromatic heterocycles. The predicted molar refractivity (Wildman–Crippen MR) is 56.9 cm³/mol. The number of nitrogens with one attached hydrogen (secondary N) is 1. The number of primary amides is 1. The molecule has 0 heterocycles. The first-order valence-corrected chi connectivity index (χ1v) is 4.97. The molecule has 5 nitrogen and oxygen atoms in total. The van der Waals surface area contributed by atoms with E-state index in [1.54, 1.807) is 0 Å². The molecular formula is C6H11F2N3O2S2. The van der Waals surface area contributed by atoms with Crippen LogP contribution in [0.15, 0.2) is 0 Å². The Bertz CT molecular complexity index is 277. The molecule has 0 aromatic carbocycles. The van der Waals surface area contributed by atoms with Crippen LogP contribution in [-0.2, 0) is 9.59 Å². The van der Waals surface area contributed by atoms with Crippen molar-refractivity contribution in [3.63, 3.8) is 0 Å². The molecule has 9 heteroatoms. The lowest BCUT2D eigenvalue weighted by Crippen LogP contribution is -2.62. The Morgan fingerprint density at radius 3 is 2.00 bits per heavy atom. The van der Waals surface area contributed by atoms with Crippen LogP contribution >= 0.6 is 25.3 Å². The first-order chi connectivity index (χ1) is 6.69. The van der Waals surface area contributed by atoms with Gasteiger partial charge in [-0.2, -0.15) is 25.3 Å². The van der Waals surface area contributed by atoms with Crippen molar-refractivity contribution in [2.24, 2.45) is 11.5 Å². The van der Waals surface area contributed by atoms with Gasteiger partial charge in [0.25, 0.3) is 17.6 Å². The van der Waals surface area contributed by atoms with Crippen LogP contribution in [0, 0.1) is 0 Å². The average Bonchev–Trinajstić information content (AvgIpc) is 2.17. The van der Waals surface area contributed by atoms with E-state index in [9.17, 15) is 18.4 Å². The number of amides is 2. The summed E-state index contributed by atoms with van der Waals surface area (Å²) in [7, 11) is 0. The number of hydrogen-bond donors (Lipinski definition) is 5. The van der Waals surface area contributed by atoms with E-state index in [0.717, 1.165) is 0 Å². The molecule has 2 amide bonds. The molecule has 5 N–H and O–H groups in total.